The van der Waals surface area contributed by atoms with Crippen LogP contribution in [0.4, 0.5) is 5.69 Å². The predicted molar refractivity (Wildman–Crippen MR) is 45.2 cm³/mol. The lowest BCUT2D eigenvalue weighted by Crippen LogP contribution is -1.92. The van der Waals surface area contributed by atoms with Crippen LogP contribution in [0.25, 0.3) is 0 Å². The predicted octanol–water partition coefficient (Wildman–Crippen LogP) is 1.99. The zero-order valence-electron chi connectivity index (χ0n) is 6.10. The number of aryl methyl sites for hydroxylation is 1. The molecule has 11 heavy (non-hydrogen) atoms. The Morgan fingerprint density at radius 1 is 1.55 bits per heavy atom. The van der Waals surface area contributed by atoms with E-state index in [0.29, 0.717) is 5.88 Å². The molecule has 0 aromatic carbocycles. The number of aromatic nitrogens is 1. The Hall–Kier alpha value is -0.670. The highest BCUT2D eigenvalue weighted by Crippen LogP contribution is 2.15. The quantitative estimate of drug-likeness (QED) is 0.483. The zero-order chi connectivity index (χ0) is 8.10. The Morgan fingerprint density at radius 2 is 2.36 bits per heavy atom. The zero-order valence-corrected chi connectivity index (χ0v) is 6.86. The van der Waals surface area contributed by atoms with Crippen molar-refractivity contribution < 1.29 is 5.21 Å². The lowest BCUT2D eigenvalue weighted by atomic mass is 10.2. The summed E-state index contributed by atoms with van der Waals surface area (Å²) in [6, 6.07) is 0. The molecular formula is C7H11ClN2O. The van der Waals surface area contributed by atoms with Gasteiger partial charge in [-0.05, 0) is 18.4 Å². The molecule has 0 saturated heterocycles. The summed E-state index contributed by atoms with van der Waals surface area (Å²) >= 11 is 5.52. The van der Waals surface area contributed by atoms with Gasteiger partial charge >= 0.3 is 0 Å². The first-order valence-electron chi connectivity index (χ1n) is 3.50. The van der Waals surface area contributed by atoms with Crippen LogP contribution in [-0.2, 0) is 6.42 Å². The van der Waals surface area contributed by atoms with Gasteiger partial charge in [0, 0.05) is 18.3 Å². The molecule has 1 rings (SSSR count). The van der Waals surface area contributed by atoms with Gasteiger partial charge in [-0.2, -0.15) is 0 Å². The molecule has 3 N–H and O–H groups in total. The minimum Gasteiger partial charge on any atom is -0.365 e. The minimum atomic E-state index is 0.649. The van der Waals surface area contributed by atoms with Crippen molar-refractivity contribution in [2.45, 2.75) is 12.8 Å². The molecule has 0 aliphatic rings. The number of aromatic amines is 1. The maximum atomic E-state index is 8.60. The van der Waals surface area contributed by atoms with Gasteiger partial charge in [0.15, 0.2) is 0 Å². The maximum absolute atomic E-state index is 8.60. The van der Waals surface area contributed by atoms with Crippen LogP contribution in [0.2, 0.25) is 0 Å². The molecule has 1 aromatic heterocycles. The molecule has 0 fully saturated rings. The Morgan fingerprint density at radius 3 is 3.00 bits per heavy atom. The van der Waals surface area contributed by atoms with E-state index in [1.165, 1.54) is 0 Å². The number of alkyl halides is 1. The molecule has 0 saturated carbocycles. The summed E-state index contributed by atoms with van der Waals surface area (Å²) < 4.78 is 0. The summed E-state index contributed by atoms with van der Waals surface area (Å²) in [5.41, 5.74) is 3.90. The Labute approximate surface area is 70.3 Å². The Bertz CT molecular complexity index is 212. The molecule has 0 bridgehead atoms. The van der Waals surface area contributed by atoms with Gasteiger partial charge in [0.25, 0.3) is 0 Å². The van der Waals surface area contributed by atoms with Crippen LogP contribution in [0, 0.1) is 0 Å². The van der Waals surface area contributed by atoms with Crippen molar-refractivity contribution in [2.24, 2.45) is 0 Å². The van der Waals surface area contributed by atoms with Gasteiger partial charge in [-0.3, -0.25) is 10.7 Å². The van der Waals surface area contributed by atoms with Crippen molar-refractivity contribution in [3.63, 3.8) is 0 Å². The Balaban J connectivity index is 2.54. The third-order valence-electron chi connectivity index (χ3n) is 1.53. The number of rotatable bonds is 4. The first kappa shape index (κ1) is 8.43. The number of hydrogen-bond donors (Lipinski definition) is 3. The average molecular weight is 175 g/mol. The summed E-state index contributed by atoms with van der Waals surface area (Å²) in [5, 5.41) is 8.60. The van der Waals surface area contributed by atoms with Crippen molar-refractivity contribution in [3.8, 4) is 0 Å². The molecule has 0 atom stereocenters. The van der Waals surface area contributed by atoms with Crippen molar-refractivity contribution in [3.05, 3.63) is 18.0 Å². The highest BCUT2D eigenvalue weighted by atomic mass is 35.5. The highest BCUT2D eigenvalue weighted by Gasteiger charge is 2.00. The summed E-state index contributed by atoms with van der Waals surface area (Å²) in [5.74, 6) is 0.649. The van der Waals surface area contributed by atoms with E-state index < -0.39 is 0 Å². The fourth-order valence-electron chi connectivity index (χ4n) is 0.964. The molecule has 3 nitrogen and oxygen atoms in total. The van der Waals surface area contributed by atoms with Gasteiger partial charge in [0.1, 0.15) is 0 Å². The minimum absolute atomic E-state index is 0.649. The SMILES string of the molecule is ONc1c[nH]cc1CCCCl. The smallest absolute Gasteiger partial charge is 0.0808 e. The van der Waals surface area contributed by atoms with Crippen LogP contribution in [0.3, 0.4) is 0 Å². The molecule has 62 valence electrons. The number of nitrogens with one attached hydrogen (secondary N) is 2. The first-order chi connectivity index (χ1) is 5.38. The van der Waals surface area contributed by atoms with Gasteiger partial charge in [-0.25, -0.2) is 0 Å². The molecule has 1 heterocycles. The van der Waals surface area contributed by atoms with Gasteiger partial charge < -0.3 is 4.98 Å². The van der Waals surface area contributed by atoms with E-state index in [-0.39, 0.29) is 0 Å². The molecule has 0 spiro atoms. The summed E-state index contributed by atoms with van der Waals surface area (Å²) in [7, 11) is 0. The van der Waals surface area contributed by atoms with Crippen molar-refractivity contribution in [1.82, 2.24) is 4.98 Å². The van der Waals surface area contributed by atoms with Crippen LogP contribution in [0.5, 0.6) is 0 Å². The molecule has 0 radical (unpaired) electrons. The van der Waals surface area contributed by atoms with E-state index >= 15 is 0 Å². The van der Waals surface area contributed by atoms with Crippen LogP contribution in [-0.4, -0.2) is 16.1 Å². The maximum Gasteiger partial charge on any atom is 0.0808 e. The molecule has 4 heteroatoms. The first-order valence-corrected chi connectivity index (χ1v) is 4.03. The molecule has 0 amide bonds. The van der Waals surface area contributed by atoms with Gasteiger partial charge in [-0.1, -0.05) is 0 Å². The topological polar surface area (TPSA) is 48.0 Å². The molecule has 0 unspecified atom stereocenters. The molecule has 1 aromatic rings. The highest BCUT2D eigenvalue weighted by molar-refractivity contribution is 6.17. The van der Waals surface area contributed by atoms with Crippen LogP contribution in [0.1, 0.15) is 12.0 Å². The van der Waals surface area contributed by atoms with Crippen LogP contribution in [0.15, 0.2) is 12.4 Å². The summed E-state index contributed by atoms with van der Waals surface area (Å²) in [4.78, 5) is 2.89. The largest absolute Gasteiger partial charge is 0.365 e. The fraction of sp³-hybridized carbons (Fsp3) is 0.429. The van der Waals surface area contributed by atoms with E-state index in [0.717, 1.165) is 24.1 Å². The van der Waals surface area contributed by atoms with Crippen molar-refractivity contribution in [2.75, 3.05) is 11.4 Å². The number of H-pyrrole nitrogens is 1. The normalized spacial score (nSPS) is 10.0. The standard InChI is InChI=1S/C7H11ClN2O/c8-3-1-2-6-4-9-5-7(6)10-11/h4-5,9-11H,1-3H2. The molecular weight excluding hydrogens is 164 g/mol. The van der Waals surface area contributed by atoms with Crippen molar-refractivity contribution in [1.29, 1.82) is 0 Å². The average Bonchev–Trinajstić information content (AvgIpc) is 2.47. The van der Waals surface area contributed by atoms with E-state index in [4.69, 9.17) is 16.8 Å². The monoisotopic (exact) mass is 174 g/mol. The van der Waals surface area contributed by atoms with Gasteiger partial charge in [0.05, 0.1) is 5.69 Å². The lowest BCUT2D eigenvalue weighted by molar-refractivity contribution is 0.388. The van der Waals surface area contributed by atoms with E-state index in [1.807, 2.05) is 6.20 Å². The number of anilines is 1. The summed E-state index contributed by atoms with van der Waals surface area (Å²) in [6.07, 6.45) is 5.37. The van der Waals surface area contributed by atoms with Gasteiger partial charge in [0.2, 0.25) is 0 Å². The molecule has 0 aliphatic carbocycles. The summed E-state index contributed by atoms with van der Waals surface area (Å²) in [6.45, 7) is 0. The Kier molecular flexibility index (Phi) is 3.26. The second kappa shape index (κ2) is 4.26. The molecule has 0 aliphatic heterocycles. The second-order valence-corrected chi connectivity index (χ2v) is 2.68. The van der Waals surface area contributed by atoms with Crippen LogP contribution >= 0.6 is 11.6 Å². The second-order valence-electron chi connectivity index (χ2n) is 2.30. The van der Waals surface area contributed by atoms with E-state index in [9.17, 15) is 0 Å². The van der Waals surface area contributed by atoms with E-state index in [1.54, 1.807) is 6.20 Å². The van der Waals surface area contributed by atoms with Gasteiger partial charge in [-0.15, -0.1) is 11.6 Å². The third-order valence-corrected chi connectivity index (χ3v) is 1.80. The van der Waals surface area contributed by atoms with Crippen LogP contribution < -0.4 is 5.48 Å². The van der Waals surface area contributed by atoms with E-state index in [2.05, 4.69) is 10.5 Å². The van der Waals surface area contributed by atoms with Crippen molar-refractivity contribution >= 4 is 17.3 Å². The number of halogens is 1. The number of hydrogen-bond acceptors (Lipinski definition) is 2. The third kappa shape index (κ3) is 2.13. The fourth-order valence-corrected chi connectivity index (χ4v) is 1.10. The lowest BCUT2D eigenvalue weighted by Gasteiger charge is -1.98.